The monoisotopic (exact) mass is 424 g/mol. The van der Waals surface area contributed by atoms with Gasteiger partial charge in [0.1, 0.15) is 24.2 Å². The molecule has 0 aliphatic carbocycles. The molecule has 2 heterocycles. The zero-order chi connectivity index (χ0) is 21.5. The zero-order valence-corrected chi connectivity index (χ0v) is 18.0. The lowest BCUT2D eigenvalue weighted by Crippen LogP contribution is -2.38. The summed E-state index contributed by atoms with van der Waals surface area (Å²) in [4.78, 5) is 17.2. The van der Waals surface area contributed by atoms with E-state index in [9.17, 15) is 4.79 Å². The Balaban J connectivity index is 1.28. The van der Waals surface area contributed by atoms with Gasteiger partial charge >= 0.3 is 0 Å². The molecule has 0 saturated carbocycles. The van der Waals surface area contributed by atoms with Crippen molar-refractivity contribution in [2.75, 3.05) is 39.4 Å². The number of hydrogen-bond acceptors (Lipinski definition) is 5. The van der Waals surface area contributed by atoms with Crippen LogP contribution >= 0.6 is 0 Å². The first kappa shape index (κ1) is 21.7. The lowest BCUT2D eigenvalue weighted by Gasteiger charge is -2.32. The molecule has 0 aromatic heterocycles. The molecule has 1 amide bonds. The highest BCUT2D eigenvalue weighted by atomic mass is 16.5. The highest BCUT2D eigenvalue weighted by molar-refractivity contribution is 5.97. The van der Waals surface area contributed by atoms with Gasteiger partial charge in [0.25, 0.3) is 5.91 Å². The fourth-order valence-electron chi connectivity index (χ4n) is 4.31. The molecule has 6 nitrogen and oxygen atoms in total. The maximum atomic E-state index is 12.9. The van der Waals surface area contributed by atoms with Gasteiger partial charge in [-0.25, -0.2) is 0 Å². The van der Waals surface area contributed by atoms with Crippen molar-refractivity contribution in [1.82, 2.24) is 9.80 Å². The van der Waals surface area contributed by atoms with Crippen LogP contribution in [0.15, 0.2) is 48.5 Å². The molecule has 2 aromatic carbocycles. The maximum Gasteiger partial charge on any atom is 0.257 e. The number of nitrogens with zero attached hydrogens (tertiary/aromatic N) is 2. The largest absolute Gasteiger partial charge is 0.491 e. The van der Waals surface area contributed by atoms with E-state index in [1.807, 2.05) is 41.3 Å². The minimum Gasteiger partial charge on any atom is -0.491 e. The first-order valence-corrected chi connectivity index (χ1v) is 11.3. The number of hydrogen-bond donors (Lipinski definition) is 1. The third-order valence-corrected chi connectivity index (χ3v) is 6.03. The van der Waals surface area contributed by atoms with Crippen LogP contribution in [-0.2, 0) is 6.54 Å². The molecule has 31 heavy (non-hydrogen) atoms. The van der Waals surface area contributed by atoms with Gasteiger partial charge in [0.05, 0.1) is 12.2 Å². The highest BCUT2D eigenvalue weighted by Crippen LogP contribution is 2.26. The molecule has 0 bridgehead atoms. The van der Waals surface area contributed by atoms with Crippen molar-refractivity contribution in [2.45, 2.75) is 38.3 Å². The number of piperidine rings is 1. The summed E-state index contributed by atoms with van der Waals surface area (Å²) < 4.78 is 11.7. The smallest absolute Gasteiger partial charge is 0.257 e. The number of carbonyl (C=O) groups is 1. The Morgan fingerprint density at radius 1 is 0.968 bits per heavy atom. The molecular formula is C25H32N2O4. The minimum atomic E-state index is 0.0235. The number of aliphatic hydroxyl groups is 1. The van der Waals surface area contributed by atoms with Gasteiger partial charge in [0.15, 0.2) is 0 Å². The lowest BCUT2D eigenvalue weighted by atomic mass is 10.1. The Labute approximate surface area is 184 Å². The Morgan fingerprint density at radius 3 is 2.39 bits per heavy atom. The van der Waals surface area contributed by atoms with Crippen LogP contribution < -0.4 is 9.47 Å². The second-order valence-corrected chi connectivity index (χ2v) is 8.30. The molecule has 1 N–H and O–H groups in total. The van der Waals surface area contributed by atoms with E-state index in [1.54, 1.807) is 0 Å². The van der Waals surface area contributed by atoms with Gasteiger partial charge in [0, 0.05) is 32.7 Å². The minimum absolute atomic E-state index is 0.0235. The summed E-state index contributed by atoms with van der Waals surface area (Å²) in [5.74, 6) is 1.60. The van der Waals surface area contributed by atoms with Crippen molar-refractivity contribution < 1.29 is 19.4 Å². The van der Waals surface area contributed by atoms with Gasteiger partial charge in [-0.05, 0) is 55.5 Å². The molecule has 6 heteroatoms. The quantitative estimate of drug-likeness (QED) is 0.704. The number of amides is 1. The maximum absolute atomic E-state index is 12.9. The van der Waals surface area contributed by atoms with Crippen LogP contribution in [-0.4, -0.2) is 66.3 Å². The van der Waals surface area contributed by atoms with Gasteiger partial charge in [-0.15, -0.1) is 0 Å². The zero-order valence-electron chi connectivity index (χ0n) is 18.0. The van der Waals surface area contributed by atoms with Gasteiger partial charge in [0.2, 0.25) is 0 Å². The van der Waals surface area contributed by atoms with Crippen LogP contribution in [0, 0.1) is 0 Å². The van der Waals surface area contributed by atoms with E-state index in [-0.39, 0.29) is 18.6 Å². The van der Waals surface area contributed by atoms with Gasteiger partial charge in [-0.2, -0.15) is 0 Å². The summed E-state index contributed by atoms with van der Waals surface area (Å²) in [6.45, 7) is 4.87. The number of aliphatic hydroxyl groups excluding tert-OH is 1. The van der Waals surface area contributed by atoms with E-state index in [0.29, 0.717) is 12.2 Å². The molecule has 0 atom stereocenters. The fourth-order valence-corrected chi connectivity index (χ4v) is 4.31. The summed E-state index contributed by atoms with van der Waals surface area (Å²) in [5.41, 5.74) is 1.94. The Kier molecular flexibility index (Phi) is 7.43. The highest BCUT2D eigenvalue weighted by Gasteiger charge is 2.25. The van der Waals surface area contributed by atoms with Crippen molar-refractivity contribution in [1.29, 1.82) is 0 Å². The number of likely N-dealkylation sites (tertiary alicyclic amines) is 2. The molecule has 2 aliphatic rings. The van der Waals surface area contributed by atoms with Crippen LogP contribution in [0.25, 0.3) is 0 Å². The third-order valence-electron chi connectivity index (χ3n) is 6.03. The fraction of sp³-hybridized carbons (Fsp3) is 0.480. The predicted octanol–water partition coefficient (Wildman–Crippen LogP) is 3.34. The summed E-state index contributed by atoms with van der Waals surface area (Å²) >= 11 is 0. The van der Waals surface area contributed by atoms with E-state index < -0.39 is 0 Å². The van der Waals surface area contributed by atoms with E-state index in [2.05, 4.69) is 17.0 Å². The van der Waals surface area contributed by atoms with Crippen LogP contribution in [0.3, 0.4) is 0 Å². The molecule has 4 rings (SSSR count). The Bertz CT molecular complexity index is 841. The summed E-state index contributed by atoms with van der Waals surface area (Å²) in [6, 6.07) is 15.7. The van der Waals surface area contributed by atoms with Crippen molar-refractivity contribution in [3.63, 3.8) is 0 Å². The summed E-state index contributed by atoms with van der Waals surface area (Å²) in [6.07, 6.45) is 4.21. The van der Waals surface area contributed by atoms with Crippen LogP contribution in [0.4, 0.5) is 0 Å². The van der Waals surface area contributed by atoms with E-state index in [4.69, 9.17) is 14.6 Å². The second kappa shape index (κ2) is 10.6. The first-order valence-electron chi connectivity index (χ1n) is 11.3. The van der Waals surface area contributed by atoms with Crippen LogP contribution in [0.5, 0.6) is 11.5 Å². The molecule has 2 aliphatic heterocycles. The number of ether oxygens (including phenoxy) is 2. The SMILES string of the molecule is O=C(c1ccccc1OC1CCN(Cc2ccc(OCCO)cc2)CC1)N1CCCC1. The number of carbonyl (C=O) groups excluding carboxylic acids is 1. The van der Waals surface area contributed by atoms with Crippen molar-refractivity contribution in [3.05, 3.63) is 59.7 Å². The van der Waals surface area contributed by atoms with Crippen molar-refractivity contribution in [3.8, 4) is 11.5 Å². The van der Waals surface area contributed by atoms with E-state index in [0.717, 1.165) is 69.9 Å². The molecule has 0 unspecified atom stereocenters. The summed E-state index contributed by atoms with van der Waals surface area (Å²) in [5, 5.41) is 8.84. The number of benzene rings is 2. The second-order valence-electron chi connectivity index (χ2n) is 8.30. The number of rotatable bonds is 8. The van der Waals surface area contributed by atoms with E-state index in [1.165, 1.54) is 5.56 Å². The van der Waals surface area contributed by atoms with Crippen LogP contribution in [0.2, 0.25) is 0 Å². The van der Waals surface area contributed by atoms with Gasteiger partial charge < -0.3 is 19.5 Å². The average molecular weight is 425 g/mol. The molecule has 0 radical (unpaired) electrons. The lowest BCUT2D eigenvalue weighted by molar-refractivity contribution is 0.0765. The van der Waals surface area contributed by atoms with Gasteiger partial charge in [-0.1, -0.05) is 24.3 Å². The topological polar surface area (TPSA) is 62.2 Å². The van der Waals surface area contributed by atoms with Crippen molar-refractivity contribution in [2.24, 2.45) is 0 Å². The van der Waals surface area contributed by atoms with Crippen LogP contribution in [0.1, 0.15) is 41.6 Å². The first-order chi connectivity index (χ1) is 15.2. The molecule has 2 fully saturated rings. The normalized spacial score (nSPS) is 17.6. The average Bonchev–Trinajstić information content (AvgIpc) is 3.35. The Hall–Kier alpha value is -2.57. The molecule has 2 saturated heterocycles. The predicted molar refractivity (Wildman–Crippen MR) is 120 cm³/mol. The summed E-state index contributed by atoms with van der Waals surface area (Å²) in [7, 11) is 0. The molecule has 166 valence electrons. The number of para-hydroxylation sites is 1. The van der Waals surface area contributed by atoms with Crippen molar-refractivity contribution >= 4 is 5.91 Å². The van der Waals surface area contributed by atoms with E-state index >= 15 is 0 Å². The standard InChI is InChI=1S/C25H32N2O4/c28-17-18-30-21-9-7-20(8-10-21)19-26-15-11-22(12-16-26)31-24-6-2-1-5-23(24)25(29)27-13-3-4-14-27/h1-2,5-10,22,28H,3-4,11-19H2. The third kappa shape index (κ3) is 5.77. The molecular weight excluding hydrogens is 392 g/mol. The Morgan fingerprint density at radius 2 is 1.68 bits per heavy atom. The molecule has 2 aromatic rings. The molecule has 0 spiro atoms. The van der Waals surface area contributed by atoms with Gasteiger partial charge in [-0.3, -0.25) is 9.69 Å².